The Kier molecular flexibility index (Phi) is 11.2. The number of fused-ring (bicyclic) bond motifs is 2. The lowest BCUT2D eigenvalue weighted by atomic mass is 10.0. The molecule has 14 heteroatoms. The number of pyridine rings is 2. The van der Waals surface area contributed by atoms with E-state index in [9.17, 15) is 24.0 Å². The Balaban J connectivity index is 1.00. The molecule has 0 bridgehead atoms. The smallest absolute Gasteiger partial charge is 0.269 e. The number of benzene rings is 2. The number of carbonyl (C=O) groups is 5. The molecule has 3 aromatic heterocycles. The average Bonchev–Trinajstić information content (AvgIpc) is 3.59. The van der Waals surface area contributed by atoms with Gasteiger partial charge in [-0.1, -0.05) is 49.4 Å². The molecule has 0 radical (unpaired) electrons. The first-order valence-electron chi connectivity index (χ1n) is 19.1. The van der Waals surface area contributed by atoms with Crippen LogP contribution >= 0.6 is 0 Å². The summed E-state index contributed by atoms with van der Waals surface area (Å²) < 4.78 is 2.25. The fourth-order valence-electron chi connectivity index (χ4n) is 7.61. The lowest BCUT2D eigenvalue weighted by molar-refractivity contribution is -0.135. The van der Waals surface area contributed by atoms with E-state index in [4.69, 9.17) is 9.97 Å². The quantitative estimate of drug-likeness (QED) is 0.104. The van der Waals surface area contributed by atoms with Crippen molar-refractivity contribution in [2.45, 2.75) is 58.7 Å². The molecule has 5 amide bonds. The van der Waals surface area contributed by atoms with Crippen LogP contribution in [-0.4, -0.2) is 87.7 Å². The van der Waals surface area contributed by atoms with Gasteiger partial charge in [0.15, 0.2) is 0 Å². The summed E-state index contributed by atoms with van der Waals surface area (Å²) >= 11 is 0. The predicted octanol–water partition coefficient (Wildman–Crippen LogP) is 4.75. The van der Waals surface area contributed by atoms with E-state index in [2.05, 4.69) is 33.2 Å². The molecule has 1 saturated heterocycles. The van der Waals surface area contributed by atoms with Crippen molar-refractivity contribution in [2.75, 3.05) is 37.0 Å². The molecule has 1 unspecified atom stereocenters. The minimum atomic E-state index is -0.788. The Hall–Kier alpha value is -6.70. The number of nitrogens with one attached hydrogen (secondary N) is 2. The monoisotopic (exact) mass is 767 g/mol. The van der Waals surface area contributed by atoms with E-state index in [1.54, 1.807) is 25.3 Å². The normalized spacial score (nSPS) is 15.4. The number of imidazole rings is 1. The lowest BCUT2D eigenvalue weighted by Gasteiger charge is -2.33. The minimum Gasteiger partial charge on any atom is -0.375 e. The summed E-state index contributed by atoms with van der Waals surface area (Å²) in [6, 6.07) is 16.3. The van der Waals surface area contributed by atoms with Crippen LogP contribution in [0.2, 0.25) is 0 Å². The van der Waals surface area contributed by atoms with Gasteiger partial charge in [0.05, 0.1) is 35.0 Å². The number of amides is 5. The maximum atomic E-state index is 13.0. The van der Waals surface area contributed by atoms with Crippen LogP contribution in [0.1, 0.15) is 60.7 Å². The van der Waals surface area contributed by atoms with Crippen LogP contribution in [0.25, 0.3) is 39.4 Å². The maximum absolute atomic E-state index is 13.0. The molecule has 5 heterocycles. The molecule has 2 aliphatic rings. The highest BCUT2D eigenvalue weighted by atomic mass is 16.2. The summed E-state index contributed by atoms with van der Waals surface area (Å²) in [7, 11) is 3.71. The minimum absolute atomic E-state index is 0.0543. The Labute approximate surface area is 330 Å². The first-order valence-corrected chi connectivity index (χ1v) is 19.1. The standard InChI is InChI=1S/C43H45N9O5/c1-5-38-47-40(37-25-50(27(2)54)20-21-51(37)38)31-13-8-12-29-22-34(46-24-32(29)31)30-15-16-33(45-23-30)42(56)44-19-7-6-10-28-11-9-14-35(41(28)49(3)4)52(26-53)36-17-18-39(55)48-43(36)57/h6,8-16,22-24,26,36H,5,7,17-21,25H2,1-4H3,(H,44,56)(H,48,55,57)/b10-6+. The van der Waals surface area contributed by atoms with Crippen molar-refractivity contribution in [2.24, 2.45) is 0 Å². The number of rotatable bonds is 12. The molecule has 1 fully saturated rings. The number of anilines is 2. The van der Waals surface area contributed by atoms with E-state index in [0.717, 1.165) is 69.0 Å². The highest BCUT2D eigenvalue weighted by Gasteiger charge is 2.33. The highest BCUT2D eigenvalue weighted by Crippen LogP contribution is 2.36. The SMILES string of the molecule is CCc1nc(-c2cccc3cc(-c4ccc(C(=O)NCC/C=C/c5cccc(N(C=O)C6CCC(=O)NC6=O)c5N(C)C)nc4)ncc23)c2n1CCN(C(C)=O)C2. The zero-order valence-electron chi connectivity index (χ0n) is 32.5. The van der Waals surface area contributed by atoms with Crippen LogP contribution in [0.15, 0.2) is 73.1 Å². The third kappa shape index (κ3) is 7.88. The third-order valence-corrected chi connectivity index (χ3v) is 10.5. The molecule has 1 atom stereocenters. The molecule has 57 heavy (non-hydrogen) atoms. The molecule has 5 aromatic rings. The van der Waals surface area contributed by atoms with Crippen molar-refractivity contribution in [1.82, 2.24) is 35.1 Å². The summed E-state index contributed by atoms with van der Waals surface area (Å²) in [5.41, 5.74) is 6.80. The Morgan fingerprint density at radius 1 is 1.04 bits per heavy atom. The number of hydrogen-bond acceptors (Lipinski definition) is 9. The van der Waals surface area contributed by atoms with Gasteiger partial charge in [-0.2, -0.15) is 0 Å². The van der Waals surface area contributed by atoms with Gasteiger partial charge in [-0.3, -0.25) is 39.3 Å². The Bertz CT molecular complexity index is 2400. The number of imide groups is 1. The molecule has 0 aliphatic carbocycles. The van der Waals surface area contributed by atoms with Gasteiger partial charge < -0.3 is 24.6 Å². The summed E-state index contributed by atoms with van der Waals surface area (Å²) in [6.45, 7) is 5.99. The van der Waals surface area contributed by atoms with Crippen LogP contribution < -0.4 is 20.4 Å². The second-order valence-corrected chi connectivity index (χ2v) is 14.3. The highest BCUT2D eigenvalue weighted by molar-refractivity contribution is 6.05. The van der Waals surface area contributed by atoms with Crippen molar-refractivity contribution in [3.8, 4) is 22.5 Å². The number of piperidine rings is 1. The van der Waals surface area contributed by atoms with E-state index in [0.29, 0.717) is 38.2 Å². The average molecular weight is 768 g/mol. The molecule has 7 rings (SSSR count). The number of aromatic nitrogens is 4. The van der Waals surface area contributed by atoms with Crippen LogP contribution in [0.3, 0.4) is 0 Å². The van der Waals surface area contributed by atoms with Gasteiger partial charge in [0.25, 0.3) is 5.91 Å². The van der Waals surface area contributed by atoms with Gasteiger partial charge in [0.1, 0.15) is 17.6 Å². The van der Waals surface area contributed by atoms with Crippen molar-refractivity contribution < 1.29 is 24.0 Å². The summed E-state index contributed by atoms with van der Waals surface area (Å²) in [5, 5.41) is 7.20. The molecular weight excluding hydrogens is 723 g/mol. The van der Waals surface area contributed by atoms with Crippen LogP contribution in [0.5, 0.6) is 0 Å². The van der Waals surface area contributed by atoms with Gasteiger partial charge in [-0.05, 0) is 48.1 Å². The maximum Gasteiger partial charge on any atom is 0.269 e. The largest absolute Gasteiger partial charge is 0.375 e. The van der Waals surface area contributed by atoms with E-state index in [1.807, 2.05) is 78.6 Å². The van der Waals surface area contributed by atoms with Crippen molar-refractivity contribution in [3.05, 3.63) is 95.8 Å². The van der Waals surface area contributed by atoms with Crippen LogP contribution in [-0.2, 0) is 38.7 Å². The number of carbonyl (C=O) groups excluding carboxylic acids is 5. The van der Waals surface area contributed by atoms with Gasteiger partial charge >= 0.3 is 0 Å². The number of aryl methyl sites for hydroxylation is 1. The molecule has 0 spiro atoms. The van der Waals surface area contributed by atoms with Gasteiger partial charge in [0, 0.05) is 82.4 Å². The summed E-state index contributed by atoms with van der Waals surface area (Å²) in [4.78, 5) is 81.1. The third-order valence-electron chi connectivity index (χ3n) is 10.5. The van der Waals surface area contributed by atoms with Crippen molar-refractivity contribution >= 4 is 58.3 Å². The zero-order chi connectivity index (χ0) is 40.2. The molecule has 0 saturated carbocycles. The van der Waals surface area contributed by atoms with Crippen LogP contribution in [0.4, 0.5) is 11.4 Å². The fourth-order valence-corrected chi connectivity index (χ4v) is 7.61. The Morgan fingerprint density at radius 2 is 1.86 bits per heavy atom. The molecule has 292 valence electrons. The molecule has 2 N–H and O–H groups in total. The summed E-state index contributed by atoms with van der Waals surface area (Å²) in [6.07, 6.45) is 9.71. The predicted molar refractivity (Wildman–Crippen MR) is 218 cm³/mol. The van der Waals surface area contributed by atoms with E-state index >= 15 is 0 Å². The fraction of sp³-hybridized carbons (Fsp3) is 0.302. The number of para-hydroxylation sites is 1. The van der Waals surface area contributed by atoms with Gasteiger partial charge in [-0.25, -0.2) is 4.98 Å². The first-order chi connectivity index (χ1) is 27.6. The Morgan fingerprint density at radius 3 is 2.58 bits per heavy atom. The van der Waals surface area contributed by atoms with Crippen molar-refractivity contribution in [1.29, 1.82) is 0 Å². The topological polar surface area (TPSA) is 163 Å². The zero-order valence-corrected chi connectivity index (χ0v) is 32.5. The number of hydrogen-bond donors (Lipinski definition) is 2. The second-order valence-electron chi connectivity index (χ2n) is 14.3. The van der Waals surface area contributed by atoms with Crippen LogP contribution in [0, 0.1) is 0 Å². The van der Waals surface area contributed by atoms with Gasteiger partial charge in [-0.15, -0.1) is 0 Å². The van der Waals surface area contributed by atoms with E-state index in [-0.39, 0.29) is 36.3 Å². The molecule has 2 aromatic carbocycles. The molecular formula is C43H45N9O5. The second kappa shape index (κ2) is 16.6. The lowest BCUT2D eigenvalue weighted by Crippen LogP contribution is -2.52. The van der Waals surface area contributed by atoms with Gasteiger partial charge in [0.2, 0.25) is 24.1 Å². The van der Waals surface area contributed by atoms with E-state index < -0.39 is 11.9 Å². The van der Waals surface area contributed by atoms with Crippen molar-refractivity contribution in [3.63, 3.8) is 0 Å². The number of nitrogens with zero attached hydrogens (tertiary/aromatic N) is 7. The molecule has 14 nitrogen and oxygen atoms in total. The van der Waals surface area contributed by atoms with E-state index in [1.165, 1.54) is 4.90 Å². The molecule has 2 aliphatic heterocycles. The summed E-state index contributed by atoms with van der Waals surface area (Å²) in [5.74, 6) is -0.0807. The first kappa shape index (κ1) is 38.6.